The summed E-state index contributed by atoms with van der Waals surface area (Å²) in [4.78, 5) is 35.2. The Hall–Kier alpha value is -3.42. The second kappa shape index (κ2) is 9.50. The fourth-order valence-electron chi connectivity index (χ4n) is 2.55. The molecular weight excluding hydrogens is 360 g/mol. The minimum absolute atomic E-state index is 0.380. The molecule has 0 saturated carbocycles. The number of rotatable bonds is 6. The molecule has 0 spiro atoms. The fourth-order valence-corrected chi connectivity index (χ4v) is 2.55. The van der Waals surface area contributed by atoms with Crippen LogP contribution in [0.4, 0.5) is 4.79 Å². The lowest BCUT2D eigenvalue weighted by atomic mass is 10.2. The minimum atomic E-state index is -1.10. The molecule has 0 fully saturated rings. The van der Waals surface area contributed by atoms with Crippen LogP contribution in [0.25, 0.3) is 11.8 Å². The van der Waals surface area contributed by atoms with Crippen LogP contribution in [0.5, 0.6) is 0 Å². The number of esters is 1. The number of hydrogen-bond acceptors (Lipinski definition) is 5. The smallest absolute Gasteiger partial charge is 0.331 e. The first-order valence-electron chi connectivity index (χ1n) is 8.92. The van der Waals surface area contributed by atoms with E-state index in [1.54, 1.807) is 17.7 Å². The number of nitrogens with one attached hydrogen (secondary N) is 2. The summed E-state index contributed by atoms with van der Waals surface area (Å²) >= 11 is 0. The summed E-state index contributed by atoms with van der Waals surface area (Å²) in [6, 6.07) is 9.02. The lowest BCUT2D eigenvalue weighted by Crippen LogP contribution is -2.44. The Labute approximate surface area is 163 Å². The summed E-state index contributed by atoms with van der Waals surface area (Å²) in [7, 11) is 0. The molecule has 1 unspecified atom stereocenters. The molecule has 1 aromatic carbocycles. The molecule has 2 N–H and O–H groups in total. The number of benzene rings is 1. The molecular formula is C20H24N4O4. The Morgan fingerprint density at radius 2 is 1.89 bits per heavy atom. The zero-order valence-electron chi connectivity index (χ0n) is 16.4. The van der Waals surface area contributed by atoms with Gasteiger partial charge in [-0.15, -0.1) is 0 Å². The predicted molar refractivity (Wildman–Crippen MR) is 105 cm³/mol. The second-order valence-corrected chi connectivity index (χ2v) is 6.09. The monoisotopic (exact) mass is 384 g/mol. The Bertz CT molecular complexity index is 887. The normalized spacial score (nSPS) is 11.9. The lowest BCUT2D eigenvalue weighted by molar-refractivity contribution is -0.149. The van der Waals surface area contributed by atoms with Crippen molar-refractivity contribution in [2.75, 3.05) is 6.54 Å². The van der Waals surface area contributed by atoms with Gasteiger partial charge in [-0.05, 0) is 45.9 Å². The summed E-state index contributed by atoms with van der Waals surface area (Å²) in [5, 5.41) is 9.02. The van der Waals surface area contributed by atoms with Crippen molar-refractivity contribution in [3.63, 3.8) is 0 Å². The first kappa shape index (κ1) is 20.9. The number of carbonyl (C=O) groups excluding carboxylic acids is 3. The van der Waals surface area contributed by atoms with E-state index in [-0.39, 0.29) is 0 Å². The zero-order valence-corrected chi connectivity index (χ0v) is 16.4. The van der Waals surface area contributed by atoms with Crippen LogP contribution in [-0.4, -0.2) is 40.3 Å². The van der Waals surface area contributed by atoms with Gasteiger partial charge >= 0.3 is 12.0 Å². The van der Waals surface area contributed by atoms with Gasteiger partial charge < -0.3 is 10.1 Å². The number of hydrogen-bond donors (Lipinski definition) is 2. The zero-order chi connectivity index (χ0) is 20.7. The number of nitrogens with zero attached hydrogens (tertiary/aromatic N) is 2. The van der Waals surface area contributed by atoms with Crippen LogP contribution in [0.15, 0.2) is 36.4 Å². The Morgan fingerprint density at radius 1 is 1.21 bits per heavy atom. The molecule has 3 amide bonds. The highest BCUT2D eigenvalue weighted by Gasteiger charge is 2.19. The van der Waals surface area contributed by atoms with Crippen LogP contribution >= 0.6 is 0 Å². The van der Waals surface area contributed by atoms with E-state index in [4.69, 9.17) is 4.74 Å². The highest BCUT2D eigenvalue weighted by Crippen LogP contribution is 2.19. The van der Waals surface area contributed by atoms with Crippen LogP contribution < -0.4 is 10.6 Å². The number of amides is 3. The molecule has 8 nitrogen and oxygen atoms in total. The van der Waals surface area contributed by atoms with E-state index in [1.807, 2.05) is 44.2 Å². The average Bonchev–Trinajstić information content (AvgIpc) is 2.94. The average molecular weight is 384 g/mol. The summed E-state index contributed by atoms with van der Waals surface area (Å²) in [6.45, 7) is 7.25. The number of aryl methyl sites for hydroxylation is 1. The predicted octanol–water partition coefficient (Wildman–Crippen LogP) is 2.28. The van der Waals surface area contributed by atoms with E-state index in [0.29, 0.717) is 6.54 Å². The standard InChI is InChI=1S/C20H24N4O4/c1-5-21-20(27)22-19(26)15(4)28-18(25)12-11-17-13(2)23-24(14(17)3)16-9-7-6-8-10-16/h6-12,15H,5H2,1-4H3,(H2,21,22,26,27)/b12-11+. The molecule has 0 saturated heterocycles. The molecule has 0 aliphatic carbocycles. The van der Waals surface area contributed by atoms with Gasteiger partial charge in [-0.1, -0.05) is 18.2 Å². The van der Waals surface area contributed by atoms with Gasteiger partial charge in [0.05, 0.1) is 11.4 Å². The summed E-state index contributed by atoms with van der Waals surface area (Å²) in [5.41, 5.74) is 3.34. The Balaban J connectivity index is 2.03. The van der Waals surface area contributed by atoms with Crippen molar-refractivity contribution in [1.82, 2.24) is 20.4 Å². The molecule has 28 heavy (non-hydrogen) atoms. The van der Waals surface area contributed by atoms with Gasteiger partial charge in [0.25, 0.3) is 5.91 Å². The highest BCUT2D eigenvalue weighted by molar-refractivity contribution is 5.98. The number of carbonyl (C=O) groups is 3. The molecule has 1 heterocycles. The third kappa shape index (κ3) is 5.29. The molecule has 0 radical (unpaired) electrons. The van der Waals surface area contributed by atoms with Crippen LogP contribution in [0.1, 0.15) is 30.8 Å². The van der Waals surface area contributed by atoms with Crippen LogP contribution in [-0.2, 0) is 14.3 Å². The van der Waals surface area contributed by atoms with E-state index in [0.717, 1.165) is 22.6 Å². The molecule has 1 atom stereocenters. The van der Waals surface area contributed by atoms with Crippen molar-refractivity contribution in [2.45, 2.75) is 33.8 Å². The van der Waals surface area contributed by atoms with E-state index >= 15 is 0 Å². The maximum absolute atomic E-state index is 12.0. The van der Waals surface area contributed by atoms with E-state index in [1.165, 1.54) is 13.0 Å². The maximum atomic E-state index is 12.0. The number of ether oxygens (including phenoxy) is 1. The second-order valence-electron chi connectivity index (χ2n) is 6.09. The van der Waals surface area contributed by atoms with Crippen LogP contribution in [0.2, 0.25) is 0 Å². The van der Waals surface area contributed by atoms with Crippen LogP contribution in [0.3, 0.4) is 0 Å². The fraction of sp³-hybridized carbons (Fsp3) is 0.300. The topological polar surface area (TPSA) is 102 Å². The largest absolute Gasteiger partial charge is 0.449 e. The Kier molecular flexibility index (Phi) is 7.08. The molecule has 2 aromatic rings. The van der Waals surface area contributed by atoms with Gasteiger partial charge in [-0.25, -0.2) is 14.3 Å². The molecule has 1 aromatic heterocycles. The number of para-hydroxylation sites is 1. The van der Waals surface area contributed by atoms with Crippen molar-refractivity contribution in [2.24, 2.45) is 0 Å². The molecule has 8 heteroatoms. The minimum Gasteiger partial charge on any atom is -0.449 e. The summed E-state index contributed by atoms with van der Waals surface area (Å²) < 4.78 is 6.83. The third-order valence-electron chi connectivity index (χ3n) is 3.97. The van der Waals surface area contributed by atoms with Gasteiger partial charge in [0.1, 0.15) is 0 Å². The van der Waals surface area contributed by atoms with Gasteiger partial charge in [-0.3, -0.25) is 10.1 Å². The van der Waals surface area contributed by atoms with Crippen molar-refractivity contribution in [1.29, 1.82) is 0 Å². The first-order valence-corrected chi connectivity index (χ1v) is 8.92. The van der Waals surface area contributed by atoms with E-state index in [9.17, 15) is 14.4 Å². The molecule has 148 valence electrons. The van der Waals surface area contributed by atoms with Gasteiger partial charge in [0, 0.05) is 23.9 Å². The first-order chi connectivity index (χ1) is 13.3. The van der Waals surface area contributed by atoms with Gasteiger partial charge in [-0.2, -0.15) is 5.10 Å². The van der Waals surface area contributed by atoms with Crippen molar-refractivity contribution < 1.29 is 19.1 Å². The molecule has 0 aliphatic heterocycles. The molecule has 2 rings (SSSR count). The van der Waals surface area contributed by atoms with E-state index < -0.39 is 24.0 Å². The highest BCUT2D eigenvalue weighted by atomic mass is 16.5. The number of urea groups is 1. The van der Waals surface area contributed by atoms with Crippen LogP contribution in [0, 0.1) is 13.8 Å². The van der Waals surface area contributed by atoms with Crippen molar-refractivity contribution >= 4 is 24.0 Å². The maximum Gasteiger partial charge on any atom is 0.331 e. The third-order valence-corrected chi connectivity index (χ3v) is 3.97. The van der Waals surface area contributed by atoms with Crippen molar-refractivity contribution in [3.8, 4) is 5.69 Å². The summed E-state index contributed by atoms with van der Waals surface area (Å²) in [5.74, 6) is -1.39. The number of imide groups is 1. The Morgan fingerprint density at radius 3 is 2.54 bits per heavy atom. The van der Waals surface area contributed by atoms with Crippen molar-refractivity contribution in [3.05, 3.63) is 53.4 Å². The molecule has 0 bridgehead atoms. The summed E-state index contributed by atoms with van der Waals surface area (Å²) in [6.07, 6.45) is 1.74. The molecule has 0 aliphatic rings. The van der Waals surface area contributed by atoms with Gasteiger partial charge in [0.2, 0.25) is 0 Å². The number of aromatic nitrogens is 2. The van der Waals surface area contributed by atoms with E-state index in [2.05, 4.69) is 15.7 Å². The van der Waals surface area contributed by atoms with Gasteiger partial charge in [0.15, 0.2) is 6.10 Å². The quantitative estimate of drug-likeness (QED) is 0.588. The SMILES string of the molecule is CCNC(=O)NC(=O)C(C)OC(=O)/C=C/c1c(C)nn(-c2ccccc2)c1C. The lowest BCUT2D eigenvalue weighted by Gasteiger charge is -2.11.